The lowest BCUT2D eigenvalue weighted by Gasteiger charge is -2.25. The molecule has 0 saturated carbocycles. The Morgan fingerprint density at radius 3 is 2.77 bits per heavy atom. The largest absolute Gasteiger partial charge is 0.468 e. The zero-order valence-electron chi connectivity index (χ0n) is 19.5. The summed E-state index contributed by atoms with van der Waals surface area (Å²) in [5, 5.41) is 2.67. The van der Waals surface area contributed by atoms with E-state index in [4.69, 9.17) is 23.3 Å². The topological polar surface area (TPSA) is 147 Å². The fourth-order valence-corrected chi connectivity index (χ4v) is 5.13. The number of nitrogens with one attached hydrogen (secondary N) is 2. The Morgan fingerprint density at radius 1 is 1.34 bits per heavy atom. The normalized spacial score (nSPS) is 20.2. The van der Waals surface area contributed by atoms with Gasteiger partial charge in [-0.1, -0.05) is 18.2 Å². The second-order valence-corrected chi connectivity index (χ2v) is 10.2. The first-order chi connectivity index (χ1) is 16.7. The van der Waals surface area contributed by atoms with Crippen LogP contribution in [0.15, 0.2) is 46.1 Å². The number of para-hydroxylation sites is 1. The van der Waals surface area contributed by atoms with Gasteiger partial charge in [0.15, 0.2) is 12.5 Å². The van der Waals surface area contributed by atoms with Gasteiger partial charge in [-0.3, -0.25) is 23.7 Å². The number of H-pyrrole nitrogens is 1. The van der Waals surface area contributed by atoms with Gasteiger partial charge in [-0.05, 0) is 37.5 Å². The van der Waals surface area contributed by atoms with Crippen molar-refractivity contribution in [1.29, 1.82) is 0 Å². The highest BCUT2D eigenvalue weighted by Crippen LogP contribution is 2.45. The molecular formula is C21H28N3O9PS. The molecule has 35 heavy (non-hydrogen) atoms. The van der Waals surface area contributed by atoms with Gasteiger partial charge in [0.25, 0.3) is 5.56 Å². The summed E-state index contributed by atoms with van der Waals surface area (Å²) in [5.74, 6) is 0.251. The minimum absolute atomic E-state index is 0.00476. The molecule has 0 spiro atoms. The molecule has 192 valence electrons. The molecule has 12 nitrogen and oxygen atoms in total. The van der Waals surface area contributed by atoms with Crippen molar-refractivity contribution >= 4 is 25.5 Å². The number of rotatable bonds is 12. The summed E-state index contributed by atoms with van der Waals surface area (Å²) in [4.78, 5) is 38.2. The van der Waals surface area contributed by atoms with Gasteiger partial charge >= 0.3 is 19.4 Å². The highest BCUT2D eigenvalue weighted by atomic mass is 32.2. The highest BCUT2D eigenvalue weighted by molar-refractivity contribution is 7.98. The lowest BCUT2D eigenvalue weighted by Crippen LogP contribution is -2.38. The molecule has 1 fully saturated rings. The predicted molar refractivity (Wildman–Crippen MR) is 128 cm³/mol. The first-order valence-corrected chi connectivity index (χ1v) is 13.6. The third-order valence-corrected chi connectivity index (χ3v) is 7.16. The molecule has 1 unspecified atom stereocenters. The number of carbonyl (C=O) groups excluding carboxylic acids is 1. The maximum atomic E-state index is 13.6. The van der Waals surface area contributed by atoms with E-state index in [1.54, 1.807) is 37.3 Å². The van der Waals surface area contributed by atoms with Gasteiger partial charge in [0, 0.05) is 11.8 Å². The van der Waals surface area contributed by atoms with Crippen LogP contribution in [0.25, 0.3) is 0 Å². The number of methoxy groups -OCH3 is 1. The molecule has 1 aliphatic rings. The molecule has 1 saturated heterocycles. The molecular weight excluding hydrogens is 501 g/mol. The monoisotopic (exact) mass is 529 g/mol. The summed E-state index contributed by atoms with van der Waals surface area (Å²) in [6.07, 6.45) is 1.77. The maximum absolute atomic E-state index is 13.6. The van der Waals surface area contributed by atoms with Gasteiger partial charge in [0.1, 0.15) is 18.4 Å². The van der Waals surface area contributed by atoms with E-state index in [0.29, 0.717) is 17.7 Å². The van der Waals surface area contributed by atoms with E-state index in [-0.39, 0.29) is 19.0 Å². The number of aromatic nitrogens is 2. The molecule has 0 amide bonds. The van der Waals surface area contributed by atoms with E-state index in [1.165, 1.54) is 29.6 Å². The Morgan fingerprint density at radius 2 is 2.09 bits per heavy atom. The number of aryl methyl sites for hydroxylation is 1. The van der Waals surface area contributed by atoms with E-state index in [0.717, 1.165) is 0 Å². The van der Waals surface area contributed by atoms with Gasteiger partial charge in [-0.2, -0.15) is 16.8 Å². The first-order valence-electron chi connectivity index (χ1n) is 10.7. The molecule has 1 aromatic carbocycles. The van der Waals surface area contributed by atoms with E-state index in [1.807, 2.05) is 6.26 Å². The van der Waals surface area contributed by atoms with Crippen molar-refractivity contribution < 1.29 is 32.6 Å². The third kappa shape index (κ3) is 7.53. The number of carbonyl (C=O) groups is 1. The van der Waals surface area contributed by atoms with Crippen molar-refractivity contribution in [3.8, 4) is 5.75 Å². The maximum Gasteiger partial charge on any atom is 0.459 e. The van der Waals surface area contributed by atoms with Gasteiger partial charge in [-0.15, -0.1) is 0 Å². The van der Waals surface area contributed by atoms with E-state index < -0.39 is 43.5 Å². The van der Waals surface area contributed by atoms with E-state index in [2.05, 4.69) is 10.1 Å². The molecule has 2 heterocycles. The number of thioether (sulfide) groups is 1. The summed E-state index contributed by atoms with van der Waals surface area (Å²) in [6.45, 7) is 1.22. The van der Waals surface area contributed by atoms with Crippen LogP contribution in [0.5, 0.6) is 5.75 Å². The van der Waals surface area contributed by atoms with Crippen LogP contribution in [0, 0.1) is 6.92 Å². The molecule has 0 radical (unpaired) electrons. The number of ether oxygens (including phenoxy) is 3. The number of benzene rings is 1. The van der Waals surface area contributed by atoms with E-state index >= 15 is 0 Å². The Bertz CT molecular complexity index is 1160. The van der Waals surface area contributed by atoms with Crippen LogP contribution in [0.2, 0.25) is 0 Å². The molecule has 2 aromatic rings. The molecule has 4 atom stereocenters. The molecule has 0 aliphatic carbocycles. The van der Waals surface area contributed by atoms with Gasteiger partial charge in [0.05, 0.1) is 13.7 Å². The zero-order chi connectivity index (χ0) is 25.4. The Balaban J connectivity index is 1.72. The predicted octanol–water partition coefficient (Wildman–Crippen LogP) is 1.80. The Hall–Kier alpha value is -2.41. The van der Waals surface area contributed by atoms with Gasteiger partial charge < -0.3 is 18.7 Å². The van der Waals surface area contributed by atoms with E-state index in [9.17, 15) is 18.9 Å². The Kier molecular flexibility index (Phi) is 9.72. The van der Waals surface area contributed by atoms with Crippen LogP contribution in [0.4, 0.5) is 0 Å². The van der Waals surface area contributed by atoms with Gasteiger partial charge in [0.2, 0.25) is 0 Å². The van der Waals surface area contributed by atoms with Crippen molar-refractivity contribution in [2.24, 2.45) is 0 Å². The third-order valence-electron chi connectivity index (χ3n) is 4.95. The molecule has 1 aliphatic heterocycles. The molecule has 14 heteroatoms. The average molecular weight is 530 g/mol. The lowest BCUT2D eigenvalue weighted by atomic mass is 10.2. The van der Waals surface area contributed by atoms with Gasteiger partial charge in [-0.25, -0.2) is 9.36 Å². The summed E-state index contributed by atoms with van der Waals surface area (Å²) >= 11 is 1.51. The molecule has 3 rings (SSSR count). The second kappa shape index (κ2) is 12.5. The fraction of sp³-hybridized carbons (Fsp3) is 0.476. The molecule has 0 bridgehead atoms. The highest BCUT2D eigenvalue weighted by Gasteiger charge is 2.37. The summed E-state index contributed by atoms with van der Waals surface area (Å²) in [7, 11) is -2.87. The van der Waals surface area contributed by atoms with Crippen LogP contribution in [-0.4, -0.2) is 60.2 Å². The van der Waals surface area contributed by atoms with Crippen molar-refractivity contribution in [2.75, 3.05) is 32.3 Å². The second-order valence-electron chi connectivity index (χ2n) is 7.52. The fourth-order valence-electron chi connectivity index (χ4n) is 3.15. The molecule has 1 aromatic heterocycles. The van der Waals surface area contributed by atoms with Crippen LogP contribution < -0.4 is 20.9 Å². The van der Waals surface area contributed by atoms with Crippen LogP contribution >= 0.6 is 19.5 Å². The number of aromatic amines is 1. The average Bonchev–Trinajstić information content (AvgIpc) is 3.32. The zero-order valence-corrected chi connectivity index (χ0v) is 21.2. The summed E-state index contributed by atoms with van der Waals surface area (Å²) in [5.41, 5.74) is -0.807. The van der Waals surface area contributed by atoms with Crippen molar-refractivity contribution in [3.05, 3.63) is 62.9 Å². The molecule has 2 N–H and O–H groups in total. The first kappa shape index (κ1) is 27.2. The van der Waals surface area contributed by atoms with Crippen LogP contribution in [0.3, 0.4) is 0 Å². The quantitative estimate of drug-likeness (QED) is 0.306. The van der Waals surface area contributed by atoms with Crippen LogP contribution in [-0.2, 0) is 28.1 Å². The smallest absolute Gasteiger partial charge is 0.459 e. The standard InChI is InChI=1S/C21H28N3O9PS/c1-14-11-24(21(27)22-19(14)25)17-12-30-18(32-17)13-31-34(28,33-15-7-5-4-6-8-15)23-16(9-10-35-3)20(26)29-2/h4-8,11,16-18H,9-10,12-13H2,1-3H3,(H,23,28)(H,22,25,27)/t16-,17+,18+,34?/m0/s1. The number of hydrogen-bond donors (Lipinski definition) is 2. The summed E-state index contributed by atoms with van der Waals surface area (Å²) in [6, 6.07) is 7.41. The van der Waals surface area contributed by atoms with Crippen molar-refractivity contribution in [3.63, 3.8) is 0 Å². The van der Waals surface area contributed by atoms with Crippen molar-refractivity contribution in [2.45, 2.75) is 31.9 Å². The minimum Gasteiger partial charge on any atom is -0.468 e. The van der Waals surface area contributed by atoms with Crippen LogP contribution in [0.1, 0.15) is 18.2 Å². The minimum atomic E-state index is -4.11. The van der Waals surface area contributed by atoms with Crippen molar-refractivity contribution in [1.82, 2.24) is 14.6 Å². The number of esters is 1. The lowest BCUT2D eigenvalue weighted by molar-refractivity contribution is -0.142. The number of nitrogens with zero attached hydrogens (tertiary/aromatic N) is 1. The SMILES string of the molecule is COC(=O)[C@H](CCSC)NP(=O)(OC[C@@H]1OC[C@H](n2cc(C)c(=O)[nH]c2=O)O1)Oc1ccccc1. The Labute approximate surface area is 205 Å². The number of hydrogen-bond acceptors (Lipinski definition) is 10. The summed E-state index contributed by atoms with van der Waals surface area (Å²) < 4.78 is 42.1.